The molecule has 3 aliphatic heterocycles. The van der Waals surface area contributed by atoms with E-state index in [0.717, 1.165) is 11.1 Å². The van der Waals surface area contributed by atoms with Crippen LogP contribution < -0.4 is 9.47 Å². The average molecular weight is 541 g/mol. The molecule has 0 spiro atoms. The highest BCUT2D eigenvalue weighted by molar-refractivity contribution is 7.89. The van der Waals surface area contributed by atoms with Gasteiger partial charge in [-0.1, -0.05) is 23.2 Å². The molecule has 3 atom stereocenters. The van der Waals surface area contributed by atoms with Crippen LogP contribution >= 0.6 is 23.2 Å². The number of nitrogens with zero attached hydrogens (tertiary/aromatic N) is 2. The van der Waals surface area contributed by atoms with Gasteiger partial charge in [0.25, 0.3) is 0 Å². The van der Waals surface area contributed by atoms with Crippen molar-refractivity contribution in [2.45, 2.75) is 55.1 Å². The Morgan fingerprint density at radius 1 is 1.09 bits per heavy atom. The highest BCUT2D eigenvalue weighted by Gasteiger charge is 2.61. The van der Waals surface area contributed by atoms with E-state index < -0.39 is 27.6 Å². The average Bonchev–Trinajstić information content (AvgIpc) is 2.84. The van der Waals surface area contributed by atoms with Crippen LogP contribution in [0.1, 0.15) is 37.3 Å². The highest BCUT2D eigenvalue weighted by atomic mass is 35.5. The van der Waals surface area contributed by atoms with Crippen molar-refractivity contribution in [3.63, 3.8) is 0 Å². The summed E-state index contributed by atoms with van der Waals surface area (Å²) in [6.45, 7) is 2.39. The Morgan fingerprint density at radius 3 is 2.40 bits per heavy atom. The van der Waals surface area contributed by atoms with Gasteiger partial charge in [0.05, 0.1) is 40.7 Å². The Morgan fingerprint density at radius 2 is 1.77 bits per heavy atom. The van der Waals surface area contributed by atoms with Crippen LogP contribution in [0.2, 0.25) is 10.0 Å². The van der Waals surface area contributed by atoms with Gasteiger partial charge in [-0.15, -0.1) is 0 Å². The first-order chi connectivity index (χ1) is 16.5. The number of benzene rings is 2. The number of hydrogen-bond acceptors (Lipinski definition) is 6. The molecule has 2 bridgehead atoms. The Labute approximate surface area is 214 Å². The molecular weight excluding hydrogens is 515 g/mol. The van der Waals surface area contributed by atoms with E-state index >= 15 is 0 Å². The van der Waals surface area contributed by atoms with Gasteiger partial charge < -0.3 is 19.5 Å². The van der Waals surface area contributed by atoms with Crippen LogP contribution in [-0.4, -0.2) is 61.5 Å². The van der Waals surface area contributed by atoms with Crippen molar-refractivity contribution in [3.05, 3.63) is 45.4 Å². The van der Waals surface area contributed by atoms with E-state index in [9.17, 15) is 18.3 Å². The molecule has 0 saturated carbocycles. The second-order valence-corrected chi connectivity index (χ2v) is 11.9. The summed E-state index contributed by atoms with van der Waals surface area (Å²) in [5.41, 5.74) is 0.800. The summed E-state index contributed by atoms with van der Waals surface area (Å²) in [6.07, 6.45) is 2.30. The number of rotatable bonds is 4. The first kappa shape index (κ1) is 24.5. The van der Waals surface area contributed by atoms with E-state index in [-0.39, 0.29) is 26.6 Å². The van der Waals surface area contributed by atoms with Crippen molar-refractivity contribution in [1.82, 2.24) is 9.21 Å². The summed E-state index contributed by atoms with van der Waals surface area (Å²) in [5.74, 6) is 0.572. The largest absolute Gasteiger partial charge is 0.505 e. The van der Waals surface area contributed by atoms with Gasteiger partial charge in [-0.05, 0) is 56.4 Å². The van der Waals surface area contributed by atoms with E-state index in [0.29, 0.717) is 43.7 Å². The van der Waals surface area contributed by atoms with Crippen molar-refractivity contribution in [3.8, 4) is 17.2 Å². The molecule has 2 aromatic rings. The van der Waals surface area contributed by atoms with E-state index in [1.807, 2.05) is 17.9 Å². The molecule has 2 saturated heterocycles. The number of carbonyl (C=O) groups is 1. The quantitative estimate of drug-likeness (QED) is 0.630. The summed E-state index contributed by atoms with van der Waals surface area (Å²) in [4.78, 5) is 15.5. The predicted octanol–water partition coefficient (Wildman–Crippen LogP) is 3.94. The Balaban J connectivity index is 1.72. The van der Waals surface area contributed by atoms with Crippen molar-refractivity contribution in [2.75, 3.05) is 20.8 Å². The fraction of sp³-hybridized carbons (Fsp3) is 0.458. The zero-order chi connectivity index (χ0) is 25.3. The molecule has 0 aromatic heterocycles. The number of phenols is 1. The SMILES string of the molecule is COc1cc2c(c(OC)c1)[C@]1(C)C3CCC[C@@H](C(=O)N1CC2)N3S(=O)(=O)c1cc(Cl)c(O)c(Cl)c1. The molecule has 1 unspecified atom stereocenters. The van der Waals surface area contributed by atoms with Crippen LogP contribution in [0.25, 0.3) is 0 Å². The van der Waals surface area contributed by atoms with Crippen molar-refractivity contribution in [1.29, 1.82) is 0 Å². The third-order valence-corrected chi connectivity index (χ3v) is 10.1. The van der Waals surface area contributed by atoms with Crippen LogP contribution in [0.15, 0.2) is 29.2 Å². The van der Waals surface area contributed by atoms with E-state index in [4.69, 9.17) is 32.7 Å². The summed E-state index contributed by atoms with van der Waals surface area (Å²) in [7, 11) is -1.06. The number of hydrogen-bond donors (Lipinski definition) is 1. The van der Waals surface area contributed by atoms with Crippen LogP contribution in [0.3, 0.4) is 0 Å². The summed E-state index contributed by atoms with van der Waals surface area (Å²) in [5, 5.41) is 9.61. The number of sulfonamides is 1. The standard InChI is InChI=1S/C24H26Cl2N2O6S/c1-24-20-6-4-5-18(28(20)35(31,32)15-11-16(25)22(29)17(26)12-15)23(30)27(24)8-7-13-9-14(33-2)10-19(34-3)21(13)24/h9-12,18,20,29H,4-8H2,1-3H3/t18-,20?,24-/m0/s1. The molecule has 1 N–H and O–H groups in total. The van der Waals surface area contributed by atoms with Gasteiger partial charge in [-0.25, -0.2) is 8.42 Å². The number of amides is 1. The molecule has 0 aliphatic carbocycles. The first-order valence-corrected chi connectivity index (χ1v) is 13.5. The number of piperidine rings is 1. The Hall–Kier alpha value is -2.20. The molecule has 5 rings (SSSR count). The number of fused-ring (bicyclic) bond motifs is 6. The van der Waals surface area contributed by atoms with Crippen molar-refractivity contribution in [2.24, 2.45) is 0 Å². The van der Waals surface area contributed by atoms with Crippen molar-refractivity contribution >= 4 is 39.1 Å². The Kier molecular flexibility index (Phi) is 5.90. The van der Waals surface area contributed by atoms with E-state index in [1.165, 1.54) is 16.4 Å². The monoisotopic (exact) mass is 540 g/mol. The molecular formula is C24H26Cl2N2O6S. The smallest absolute Gasteiger partial charge is 0.244 e. The summed E-state index contributed by atoms with van der Waals surface area (Å²) < 4.78 is 40.6. The van der Waals surface area contributed by atoms with E-state index in [1.54, 1.807) is 20.3 Å². The molecule has 11 heteroatoms. The number of carbonyl (C=O) groups excluding carboxylic acids is 1. The lowest BCUT2D eigenvalue weighted by Crippen LogP contribution is -2.74. The van der Waals surface area contributed by atoms with Crippen LogP contribution in [-0.2, 0) is 26.8 Å². The second kappa shape index (κ2) is 8.44. The van der Waals surface area contributed by atoms with Crippen molar-refractivity contribution < 1.29 is 27.8 Å². The van der Waals surface area contributed by atoms with Gasteiger partial charge >= 0.3 is 0 Å². The van der Waals surface area contributed by atoms with E-state index in [2.05, 4.69) is 0 Å². The molecule has 2 fully saturated rings. The topological polar surface area (TPSA) is 96.4 Å². The lowest BCUT2D eigenvalue weighted by molar-refractivity contribution is -0.160. The number of phenolic OH excluding ortho intramolecular Hbond substituents is 1. The number of aromatic hydroxyl groups is 1. The maximum Gasteiger partial charge on any atom is 0.244 e. The lowest BCUT2D eigenvalue weighted by Gasteiger charge is -2.60. The molecule has 8 nitrogen and oxygen atoms in total. The molecule has 2 aromatic carbocycles. The first-order valence-electron chi connectivity index (χ1n) is 11.3. The number of halogens is 2. The molecule has 1 amide bonds. The van der Waals surface area contributed by atoms with Gasteiger partial charge in [0.15, 0.2) is 5.75 Å². The van der Waals surface area contributed by atoms with Crippen LogP contribution in [0.4, 0.5) is 0 Å². The number of methoxy groups -OCH3 is 2. The molecule has 188 valence electrons. The normalized spacial score (nSPS) is 26.2. The van der Waals surface area contributed by atoms with Gasteiger partial charge in [0.2, 0.25) is 15.9 Å². The number of ether oxygens (including phenoxy) is 2. The fourth-order valence-electron chi connectivity index (χ4n) is 6.05. The summed E-state index contributed by atoms with van der Waals surface area (Å²) >= 11 is 12.1. The van der Waals surface area contributed by atoms with Gasteiger partial charge in [-0.2, -0.15) is 4.31 Å². The van der Waals surface area contributed by atoms with Gasteiger partial charge in [0.1, 0.15) is 17.5 Å². The minimum atomic E-state index is -4.20. The fourth-order valence-corrected chi connectivity index (χ4v) is 8.62. The second-order valence-electron chi connectivity index (χ2n) is 9.28. The van der Waals surface area contributed by atoms with Gasteiger partial charge in [-0.3, -0.25) is 4.79 Å². The zero-order valence-electron chi connectivity index (χ0n) is 19.5. The van der Waals surface area contributed by atoms with Crippen LogP contribution in [0, 0.1) is 0 Å². The molecule has 3 heterocycles. The maximum atomic E-state index is 14.1. The number of piperazine rings is 1. The zero-order valence-corrected chi connectivity index (χ0v) is 21.9. The highest BCUT2D eigenvalue weighted by Crippen LogP contribution is 2.53. The van der Waals surface area contributed by atoms with Gasteiger partial charge in [0, 0.05) is 18.2 Å². The predicted molar refractivity (Wildman–Crippen MR) is 131 cm³/mol. The lowest BCUT2D eigenvalue weighted by atomic mass is 9.70. The third-order valence-electron chi connectivity index (χ3n) is 7.62. The summed E-state index contributed by atoms with van der Waals surface area (Å²) in [6, 6.07) is 4.67. The Bertz CT molecular complexity index is 1290. The molecule has 0 radical (unpaired) electrons. The van der Waals surface area contributed by atoms with Crippen LogP contribution in [0.5, 0.6) is 17.2 Å². The maximum absolute atomic E-state index is 14.1. The minimum Gasteiger partial charge on any atom is -0.505 e. The minimum absolute atomic E-state index is 0.162. The molecule has 35 heavy (non-hydrogen) atoms. The third kappa shape index (κ3) is 3.43. The molecule has 3 aliphatic rings.